The van der Waals surface area contributed by atoms with E-state index in [0.29, 0.717) is 28.4 Å². The van der Waals surface area contributed by atoms with Gasteiger partial charge in [0, 0.05) is 11.6 Å². The van der Waals surface area contributed by atoms with Gasteiger partial charge in [-0.3, -0.25) is 0 Å². The van der Waals surface area contributed by atoms with Gasteiger partial charge in [0.1, 0.15) is 41.3 Å². The largest absolute Gasteiger partial charge is 0.489 e. The summed E-state index contributed by atoms with van der Waals surface area (Å²) in [7, 11) is 0. The van der Waals surface area contributed by atoms with Gasteiger partial charge in [0.15, 0.2) is 0 Å². The zero-order chi connectivity index (χ0) is 26.6. The minimum absolute atomic E-state index is 0.0231. The third-order valence-corrected chi connectivity index (χ3v) is 6.28. The maximum absolute atomic E-state index is 13.2. The van der Waals surface area contributed by atoms with Gasteiger partial charge in [-0.15, -0.1) is 0 Å². The van der Waals surface area contributed by atoms with E-state index >= 15 is 0 Å². The van der Waals surface area contributed by atoms with Crippen molar-refractivity contribution in [2.75, 3.05) is 0 Å². The van der Waals surface area contributed by atoms with Gasteiger partial charge in [0.25, 0.3) is 0 Å². The quantitative estimate of drug-likeness (QED) is 0.249. The van der Waals surface area contributed by atoms with Crippen LogP contribution in [0.5, 0.6) is 17.2 Å². The van der Waals surface area contributed by atoms with E-state index in [1.54, 1.807) is 48.5 Å². The van der Waals surface area contributed by atoms with E-state index < -0.39 is 11.9 Å². The number of halogens is 1. The van der Waals surface area contributed by atoms with E-state index in [2.05, 4.69) is 6.07 Å². The van der Waals surface area contributed by atoms with Crippen LogP contribution in [-0.2, 0) is 6.61 Å². The second-order valence-electron chi connectivity index (χ2n) is 8.82. The molecule has 1 aliphatic heterocycles. The Balaban J connectivity index is 1.42. The van der Waals surface area contributed by atoms with Crippen molar-refractivity contribution in [1.29, 1.82) is 5.26 Å². The number of carbonyl (C=O) groups is 1. The predicted molar refractivity (Wildman–Crippen MR) is 139 cm³/mol. The van der Waals surface area contributed by atoms with Crippen molar-refractivity contribution in [3.05, 3.63) is 136 Å². The normalized spacial score (nSPS) is 14.2. The number of esters is 1. The fourth-order valence-corrected chi connectivity index (χ4v) is 4.34. The van der Waals surface area contributed by atoms with E-state index in [-0.39, 0.29) is 23.9 Å². The molecule has 7 heteroatoms. The molecule has 0 aromatic heterocycles. The second kappa shape index (κ2) is 10.5. The monoisotopic (exact) mass is 506 g/mol. The highest BCUT2D eigenvalue weighted by atomic mass is 19.1. The summed E-state index contributed by atoms with van der Waals surface area (Å²) in [6.45, 7) is 2.09. The number of hydrogen-bond acceptors (Lipinski definition) is 6. The first-order valence-electron chi connectivity index (χ1n) is 11.9. The summed E-state index contributed by atoms with van der Waals surface area (Å²) in [5.41, 5.74) is 9.97. The fraction of sp³-hybridized carbons (Fsp3) is 0.0968. The molecule has 1 aliphatic rings. The van der Waals surface area contributed by atoms with Crippen LogP contribution in [0.15, 0.2) is 102 Å². The molecule has 0 aliphatic carbocycles. The van der Waals surface area contributed by atoms with E-state index in [1.807, 2.05) is 37.3 Å². The van der Waals surface area contributed by atoms with Crippen molar-refractivity contribution in [2.45, 2.75) is 19.4 Å². The summed E-state index contributed by atoms with van der Waals surface area (Å²) in [6.07, 6.45) is 0. The number of nitriles is 1. The zero-order valence-electron chi connectivity index (χ0n) is 20.5. The van der Waals surface area contributed by atoms with Gasteiger partial charge in [-0.05, 0) is 60.0 Å². The van der Waals surface area contributed by atoms with Crippen LogP contribution < -0.4 is 19.9 Å². The van der Waals surface area contributed by atoms with E-state index in [9.17, 15) is 14.4 Å². The first-order valence-corrected chi connectivity index (χ1v) is 11.9. The zero-order valence-corrected chi connectivity index (χ0v) is 20.5. The van der Waals surface area contributed by atoms with Crippen LogP contribution in [0.3, 0.4) is 0 Å². The molecule has 1 atom stereocenters. The summed E-state index contributed by atoms with van der Waals surface area (Å²) in [4.78, 5) is 12.7. The summed E-state index contributed by atoms with van der Waals surface area (Å²) in [5, 5.41) is 9.89. The van der Waals surface area contributed by atoms with Crippen LogP contribution >= 0.6 is 0 Å². The summed E-state index contributed by atoms with van der Waals surface area (Å²) in [6, 6.07) is 27.8. The van der Waals surface area contributed by atoms with Crippen molar-refractivity contribution >= 4 is 5.97 Å². The number of fused-ring (bicyclic) bond motifs is 1. The third kappa shape index (κ3) is 5.06. The molecule has 0 amide bonds. The average Bonchev–Trinajstić information content (AvgIpc) is 2.92. The molecular weight excluding hydrogens is 483 g/mol. The van der Waals surface area contributed by atoms with Gasteiger partial charge in [-0.1, -0.05) is 48.5 Å². The van der Waals surface area contributed by atoms with Crippen molar-refractivity contribution in [2.24, 2.45) is 5.73 Å². The van der Waals surface area contributed by atoms with Crippen LogP contribution in [0.2, 0.25) is 0 Å². The summed E-state index contributed by atoms with van der Waals surface area (Å²) in [5.74, 6) is -0.0681. The highest BCUT2D eigenvalue weighted by Gasteiger charge is 2.31. The van der Waals surface area contributed by atoms with Crippen molar-refractivity contribution in [1.82, 2.24) is 0 Å². The molecule has 1 unspecified atom stereocenters. The van der Waals surface area contributed by atoms with Gasteiger partial charge >= 0.3 is 5.97 Å². The second-order valence-corrected chi connectivity index (χ2v) is 8.82. The van der Waals surface area contributed by atoms with E-state index in [1.165, 1.54) is 12.1 Å². The molecule has 4 aromatic carbocycles. The standard InChI is InChI=1S/C31H23FN2O4/c1-19-5-2-3-8-25(19)31(35)37-24-13-14-26-28(16-24)38-30(34)27(17-33)29(26)21-6-4-7-23(15-21)36-18-20-9-11-22(32)12-10-20/h2-16,29H,18,34H2,1H3. The highest BCUT2D eigenvalue weighted by Crippen LogP contribution is 2.44. The molecule has 0 bridgehead atoms. The molecule has 0 spiro atoms. The van der Waals surface area contributed by atoms with Crippen molar-refractivity contribution < 1.29 is 23.4 Å². The number of hydrogen-bond donors (Lipinski definition) is 1. The maximum atomic E-state index is 13.2. The third-order valence-electron chi connectivity index (χ3n) is 6.28. The number of allylic oxidation sites excluding steroid dienone is 1. The Hall–Kier alpha value is -5.09. The minimum atomic E-state index is -0.515. The lowest BCUT2D eigenvalue weighted by atomic mass is 9.83. The number of aryl methyl sites for hydroxylation is 1. The van der Waals surface area contributed by atoms with Crippen molar-refractivity contribution in [3.8, 4) is 23.3 Å². The molecule has 0 fully saturated rings. The first kappa shape index (κ1) is 24.6. The average molecular weight is 507 g/mol. The van der Waals surface area contributed by atoms with Crippen molar-refractivity contribution in [3.63, 3.8) is 0 Å². The van der Waals surface area contributed by atoms with Gasteiger partial charge < -0.3 is 19.9 Å². The SMILES string of the molecule is Cc1ccccc1C(=O)Oc1ccc2c(c1)OC(N)=C(C#N)C2c1cccc(OCc2ccc(F)cc2)c1. The maximum Gasteiger partial charge on any atom is 0.343 e. The smallest absolute Gasteiger partial charge is 0.343 e. The molecule has 5 rings (SSSR count). The molecule has 2 N–H and O–H groups in total. The lowest BCUT2D eigenvalue weighted by molar-refractivity contribution is 0.0733. The molecule has 0 saturated heterocycles. The van der Waals surface area contributed by atoms with E-state index in [0.717, 1.165) is 16.7 Å². The molecule has 188 valence electrons. The van der Waals surface area contributed by atoms with Crippen LogP contribution in [0.4, 0.5) is 4.39 Å². The summed E-state index contributed by atoms with van der Waals surface area (Å²) < 4.78 is 30.5. The lowest BCUT2D eigenvalue weighted by Crippen LogP contribution is -2.21. The Labute approximate surface area is 219 Å². The van der Waals surface area contributed by atoms with Gasteiger partial charge in [0.2, 0.25) is 5.88 Å². The Bertz CT molecular complexity index is 1590. The number of nitrogens with zero attached hydrogens (tertiary/aromatic N) is 1. The number of rotatable bonds is 6. The molecule has 0 radical (unpaired) electrons. The number of carbonyl (C=O) groups excluding carboxylic acids is 1. The molecule has 1 heterocycles. The molecule has 4 aromatic rings. The number of ether oxygens (including phenoxy) is 3. The highest BCUT2D eigenvalue weighted by molar-refractivity contribution is 5.92. The minimum Gasteiger partial charge on any atom is -0.489 e. The first-order chi connectivity index (χ1) is 18.4. The Kier molecular flexibility index (Phi) is 6.79. The molecular formula is C31H23FN2O4. The molecule has 38 heavy (non-hydrogen) atoms. The van der Waals surface area contributed by atoms with Crippen LogP contribution in [0.1, 0.15) is 38.5 Å². The lowest BCUT2D eigenvalue weighted by Gasteiger charge is -2.27. The van der Waals surface area contributed by atoms with E-state index in [4.69, 9.17) is 19.9 Å². The molecule has 6 nitrogen and oxygen atoms in total. The van der Waals surface area contributed by atoms with Crippen LogP contribution in [-0.4, -0.2) is 5.97 Å². The van der Waals surface area contributed by atoms with Crippen LogP contribution in [0.25, 0.3) is 0 Å². The Morgan fingerprint density at radius 3 is 2.55 bits per heavy atom. The van der Waals surface area contributed by atoms with Gasteiger partial charge in [-0.25, -0.2) is 9.18 Å². The Morgan fingerprint density at radius 2 is 1.79 bits per heavy atom. The van der Waals surface area contributed by atoms with Gasteiger partial charge in [0.05, 0.1) is 11.5 Å². The van der Waals surface area contributed by atoms with Crippen LogP contribution in [0, 0.1) is 24.1 Å². The summed E-state index contributed by atoms with van der Waals surface area (Å²) >= 11 is 0. The molecule has 0 saturated carbocycles. The Morgan fingerprint density at radius 1 is 1.00 bits per heavy atom. The predicted octanol–water partition coefficient (Wildman–Crippen LogP) is 6.15. The topological polar surface area (TPSA) is 94.6 Å². The number of nitrogens with two attached hydrogens (primary N) is 1. The van der Waals surface area contributed by atoms with Gasteiger partial charge in [-0.2, -0.15) is 5.26 Å². The fourth-order valence-electron chi connectivity index (χ4n) is 4.34. The number of benzene rings is 4.